The van der Waals surface area contributed by atoms with E-state index in [2.05, 4.69) is 31.8 Å². The summed E-state index contributed by atoms with van der Waals surface area (Å²) in [5.74, 6) is 2.06. The highest BCUT2D eigenvalue weighted by molar-refractivity contribution is 5.79. The van der Waals surface area contributed by atoms with Crippen molar-refractivity contribution in [2.45, 2.75) is 64.0 Å². The lowest BCUT2D eigenvalue weighted by Gasteiger charge is -2.32. The van der Waals surface area contributed by atoms with Crippen LogP contribution in [0.2, 0.25) is 0 Å². The standard InChI is InChI=1S/C28H32F2N6O2/c29-26(30)17-36-25-14-20(4-5-22(25)15-32-36)19-38-28-3-1-2-24(33-28)21-6-10-34(11-7-21)18-27-31-9-12-35(27)16-23-8-13-37-23/h1-5,9,12,14-15,21,23,26H,6-8,10-11,13,16-19H2/t23-/m0/s1. The lowest BCUT2D eigenvalue weighted by atomic mass is 9.93. The Hall–Kier alpha value is -3.37. The van der Waals surface area contributed by atoms with Crippen molar-refractivity contribution in [1.82, 2.24) is 29.2 Å². The lowest BCUT2D eigenvalue weighted by molar-refractivity contribution is -0.0598. The minimum absolute atomic E-state index is 0.309. The molecule has 2 saturated heterocycles. The van der Waals surface area contributed by atoms with Crippen LogP contribution < -0.4 is 4.74 Å². The van der Waals surface area contributed by atoms with Crippen LogP contribution in [0.15, 0.2) is 55.0 Å². The first kappa shape index (κ1) is 24.9. The van der Waals surface area contributed by atoms with Gasteiger partial charge in [-0.05, 0) is 50.0 Å². The number of halogens is 2. The summed E-state index contributed by atoms with van der Waals surface area (Å²) in [5.41, 5.74) is 2.62. The predicted molar refractivity (Wildman–Crippen MR) is 138 cm³/mol. The van der Waals surface area contributed by atoms with Crippen LogP contribution >= 0.6 is 0 Å². The summed E-state index contributed by atoms with van der Waals surface area (Å²) in [4.78, 5) is 11.8. The quantitative estimate of drug-likeness (QED) is 0.302. The largest absolute Gasteiger partial charge is 0.473 e. The summed E-state index contributed by atoms with van der Waals surface area (Å²) >= 11 is 0. The van der Waals surface area contributed by atoms with Crippen molar-refractivity contribution >= 4 is 10.9 Å². The van der Waals surface area contributed by atoms with E-state index in [0.29, 0.717) is 30.0 Å². The molecular formula is C28H32F2N6O2. The zero-order valence-electron chi connectivity index (χ0n) is 21.3. The monoisotopic (exact) mass is 522 g/mol. The molecule has 8 nitrogen and oxygen atoms in total. The van der Waals surface area contributed by atoms with Gasteiger partial charge >= 0.3 is 0 Å². The fraction of sp³-hybridized carbons (Fsp3) is 0.464. The number of hydrogen-bond donors (Lipinski definition) is 0. The van der Waals surface area contributed by atoms with Gasteiger partial charge in [-0.1, -0.05) is 18.2 Å². The first-order valence-electron chi connectivity index (χ1n) is 13.3. The third-order valence-corrected chi connectivity index (χ3v) is 7.52. The van der Waals surface area contributed by atoms with E-state index < -0.39 is 13.0 Å². The number of alkyl halides is 2. The second-order valence-electron chi connectivity index (χ2n) is 10.1. The van der Waals surface area contributed by atoms with Crippen LogP contribution in [0.1, 0.15) is 42.3 Å². The topological polar surface area (TPSA) is 70.2 Å². The number of rotatable bonds is 10. The van der Waals surface area contributed by atoms with Gasteiger partial charge < -0.3 is 14.0 Å². The molecule has 1 atom stereocenters. The number of fused-ring (bicyclic) bond motifs is 1. The molecule has 0 aliphatic carbocycles. The van der Waals surface area contributed by atoms with Gasteiger partial charge in [0.1, 0.15) is 19.0 Å². The van der Waals surface area contributed by atoms with Gasteiger partial charge in [-0.25, -0.2) is 18.7 Å². The maximum Gasteiger partial charge on any atom is 0.257 e. The number of aromatic nitrogens is 5. The van der Waals surface area contributed by atoms with Gasteiger partial charge in [-0.15, -0.1) is 0 Å². The number of likely N-dealkylation sites (tertiary alicyclic amines) is 1. The molecule has 4 aromatic rings. The summed E-state index contributed by atoms with van der Waals surface area (Å²) in [7, 11) is 0. The van der Waals surface area contributed by atoms with Gasteiger partial charge in [-0.2, -0.15) is 5.10 Å². The number of benzene rings is 1. The highest BCUT2D eigenvalue weighted by Gasteiger charge is 2.24. The third kappa shape index (κ3) is 5.71. The molecule has 0 N–H and O–H groups in total. The van der Waals surface area contributed by atoms with E-state index in [1.54, 1.807) is 6.20 Å². The number of nitrogens with zero attached hydrogens (tertiary/aromatic N) is 6. The first-order chi connectivity index (χ1) is 18.6. The van der Waals surface area contributed by atoms with E-state index >= 15 is 0 Å². The Bertz CT molecular complexity index is 1360. The third-order valence-electron chi connectivity index (χ3n) is 7.52. The van der Waals surface area contributed by atoms with Gasteiger partial charge in [0.25, 0.3) is 6.43 Å². The lowest BCUT2D eigenvalue weighted by Crippen LogP contribution is -2.35. The fourth-order valence-corrected chi connectivity index (χ4v) is 5.27. The molecule has 5 heterocycles. The van der Waals surface area contributed by atoms with Crippen molar-refractivity contribution in [3.63, 3.8) is 0 Å². The normalized spacial score (nSPS) is 18.8. The Labute approximate surface area is 220 Å². The molecule has 6 rings (SSSR count). The van der Waals surface area contributed by atoms with Crippen LogP contribution in [0.25, 0.3) is 10.9 Å². The van der Waals surface area contributed by atoms with E-state index in [1.165, 1.54) is 4.68 Å². The van der Waals surface area contributed by atoms with Crippen LogP contribution in [0, 0.1) is 0 Å². The number of hydrogen-bond acceptors (Lipinski definition) is 6. The molecule has 3 aromatic heterocycles. The van der Waals surface area contributed by atoms with E-state index in [1.807, 2.05) is 36.5 Å². The first-order valence-corrected chi connectivity index (χ1v) is 13.3. The van der Waals surface area contributed by atoms with Crippen molar-refractivity contribution in [2.75, 3.05) is 19.7 Å². The zero-order chi connectivity index (χ0) is 25.9. The summed E-state index contributed by atoms with van der Waals surface area (Å²) in [5, 5.41) is 4.91. The van der Waals surface area contributed by atoms with Crippen molar-refractivity contribution in [2.24, 2.45) is 0 Å². The molecule has 0 unspecified atom stereocenters. The Morgan fingerprint density at radius 1 is 1.11 bits per heavy atom. The minimum Gasteiger partial charge on any atom is -0.473 e. The number of imidazole rings is 1. The summed E-state index contributed by atoms with van der Waals surface area (Å²) < 4.78 is 40.9. The van der Waals surface area contributed by atoms with Crippen molar-refractivity contribution < 1.29 is 18.3 Å². The van der Waals surface area contributed by atoms with Gasteiger partial charge in [0.05, 0.1) is 30.9 Å². The maximum absolute atomic E-state index is 12.9. The molecule has 0 bridgehead atoms. The molecule has 200 valence electrons. The van der Waals surface area contributed by atoms with Crippen LogP contribution in [0.5, 0.6) is 5.88 Å². The van der Waals surface area contributed by atoms with E-state index in [-0.39, 0.29) is 0 Å². The maximum atomic E-state index is 12.9. The van der Waals surface area contributed by atoms with Gasteiger partial charge in [-0.3, -0.25) is 9.58 Å². The Kier molecular flexibility index (Phi) is 7.33. The molecule has 38 heavy (non-hydrogen) atoms. The van der Waals surface area contributed by atoms with Crippen molar-refractivity contribution in [3.8, 4) is 5.88 Å². The Balaban J connectivity index is 1.03. The molecule has 0 saturated carbocycles. The van der Waals surface area contributed by atoms with Crippen molar-refractivity contribution in [3.05, 3.63) is 72.1 Å². The molecule has 1 aromatic carbocycles. The minimum atomic E-state index is -2.45. The fourth-order valence-electron chi connectivity index (χ4n) is 5.27. The average molecular weight is 523 g/mol. The van der Waals surface area contributed by atoms with Gasteiger partial charge in [0.2, 0.25) is 5.88 Å². The summed E-state index contributed by atoms with van der Waals surface area (Å²) in [6.45, 7) is 4.48. The molecular weight excluding hydrogens is 490 g/mol. The van der Waals surface area contributed by atoms with Gasteiger partial charge in [0.15, 0.2) is 0 Å². The highest BCUT2D eigenvalue weighted by atomic mass is 19.3. The van der Waals surface area contributed by atoms with Crippen LogP contribution in [0.4, 0.5) is 8.78 Å². The van der Waals surface area contributed by atoms with Crippen LogP contribution in [-0.4, -0.2) is 61.4 Å². The van der Waals surface area contributed by atoms with E-state index in [9.17, 15) is 8.78 Å². The molecule has 10 heteroatoms. The Morgan fingerprint density at radius 2 is 1.97 bits per heavy atom. The Morgan fingerprint density at radius 3 is 2.76 bits per heavy atom. The predicted octanol–water partition coefficient (Wildman–Crippen LogP) is 4.64. The summed E-state index contributed by atoms with van der Waals surface area (Å²) in [6.07, 6.45) is 6.61. The molecule has 2 fully saturated rings. The number of pyridine rings is 1. The zero-order valence-corrected chi connectivity index (χ0v) is 21.3. The van der Waals surface area contributed by atoms with Crippen LogP contribution in [-0.2, 0) is 31.0 Å². The average Bonchev–Trinajstić information content (AvgIpc) is 3.51. The summed E-state index contributed by atoms with van der Waals surface area (Å²) in [6, 6.07) is 11.6. The second kappa shape index (κ2) is 11.2. The van der Waals surface area contributed by atoms with E-state index in [4.69, 9.17) is 14.5 Å². The highest BCUT2D eigenvalue weighted by Crippen LogP contribution is 2.29. The molecule has 0 radical (unpaired) electrons. The molecule has 2 aliphatic rings. The molecule has 2 aliphatic heterocycles. The smallest absolute Gasteiger partial charge is 0.257 e. The molecule has 0 amide bonds. The second-order valence-corrected chi connectivity index (χ2v) is 10.1. The van der Waals surface area contributed by atoms with Crippen LogP contribution in [0.3, 0.4) is 0 Å². The number of piperidine rings is 1. The van der Waals surface area contributed by atoms with E-state index in [0.717, 1.165) is 74.5 Å². The van der Waals surface area contributed by atoms with Gasteiger partial charge in [0, 0.05) is 42.1 Å². The number of ether oxygens (including phenoxy) is 2. The van der Waals surface area contributed by atoms with Crippen molar-refractivity contribution in [1.29, 1.82) is 0 Å². The molecule has 0 spiro atoms. The SMILES string of the molecule is FC(F)Cn1ncc2ccc(COc3cccc(C4CCN(Cc5nccn5C[C@@H]5CCO5)CC4)n3)cc21.